The summed E-state index contributed by atoms with van der Waals surface area (Å²) in [7, 11) is 0. The fraction of sp³-hybridized carbons (Fsp3) is 0.167. The summed E-state index contributed by atoms with van der Waals surface area (Å²) in [5.74, 6) is 0.765. The molecule has 31 heavy (non-hydrogen) atoms. The van der Waals surface area contributed by atoms with Gasteiger partial charge in [-0.3, -0.25) is 14.2 Å². The number of H-pyrrole nitrogens is 1. The van der Waals surface area contributed by atoms with E-state index in [0.29, 0.717) is 27.8 Å². The summed E-state index contributed by atoms with van der Waals surface area (Å²) in [4.78, 5) is 27.9. The van der Waals surface area contributed by atoms with E-state index in [4.69, 9.17) is 0 Å². The zero-order chi connectivity index (χ0) is 22.0. The van der Waals surface area contributed by atoms with Crippen molar-refractivity contribution < 1.29 is 9.59 Å². The third-order valence-electron chi connectivity index (χ3n) is 5.08. The predicted octanol–water partition coefficient (Wildman–Crippen LogP) is 5.06. The zero-order valence-corrected chi connectivity index (χ0v) is 18.4. The third kappa shape index (κ3) is 4.09. The molecule has 7 heteroatoms. The van der Waals surface area contributed by atoms with Crippen molar-refractivity contribution in [1.82, 2.24) is 19.7 Å². The number of nitrogens with one attached hydrogen (secondary N) is 1. The highest BCUT2D eigenvalue weighted by Crippen LogP contribution is 2.29. The SMILES string of the molecule is CC(=O)c1c(C)[nH]c(C(=O)CSc2nnc(-c3ccccc3)n2-c2ccccc2)c1C. The van der Waals surface area contributed by atoms with E-state index in [2.05, 4.69) is 15.2 Å². The number of thioether (sulfide) groups is 1. The van der Waals surface area contributed by atoms with Gasteiger partial charge in [0, 0.05) is 22.5 Å². The highest BCUT2D eigenvalue weighted by molar-refractivity contribution is 7.99. The number of benzene rings is 2. The molecule has 0 unspecified atom stereocenters. The van der Waals surface area contributed by atoms with Gasteiger partial charge in [0.15, 0.2) is 22.5 Å². The number of Topliss-reactive ketones (excluding diaryl/α,β-unsaturated/α-hetero) is 2. The van der Waals surface area contributed by atoms with Crippen LogP contribution in [0.2, 0.25) is 0 Å². The van der Waals surface area contributed by atoms with E-state index in [1.54, 1.807) is 6.92 Å². The third-order valence-corrected chi connectivity index (χ3v) is 6.01. The minimum Gasteiger partial charge on any atom is -0.355 e. The first-order chi connectivity index (χ1) is 15.0. The van der Waals surface area contributed by atoms with Crippen LogP contribution in [0.5, 0.6) is 0 Å². The first kappa shape index (κ1) is 20.8. The number of aryl methyl sites for hydroxylation is 1. The number of hydrogen-bond acceptors (Lipinski definition) is 5. The lowest BCUT2D eigenvalue weighted by molar-refractivity contribution is 0.101. The molecule has 0 fully saturated rings. The van der Waals surface area contributed by atoms with Gasteiger partial charge < -0.3 is 4.98 Å². The molecule has 0 saturated carbocycles. The Morgan fingerprint density at radius 3 is 2.23 bits per heavy atom. The fourth-order valence-electron chi connectivity index (χ4n) is 3.71. The van der Waals surface area contributed by atoms with E-state index in [9.17, 15) is 9.59 Å². The van der Waals surface area contributed by atoms with Crippen molar-refractivity contribution in [3.8, 4) is 17.1 Å². The quantitative estimate of drug-likeness (QED) is 0.327. The molecule has 0 aliphatic heterocycles. The zero-order valence-electron chi connectivity index (χ0n) is 17.5. The summed E-state index contributed by atoms with van der Waals surface area (Å²) >= 11 is 1.33. The Morgan fingerprint density at radius 1 is 0.968 bits per heavy atom. The lowest BCUT2D eigenvalue weighted by atomic mass is 10.1. The molecule has 2 aromatic heterocycles. The second-order valence-electron chi connectivity index (χ2n) is 7.24. The average molecular weight is 431 g/mol. The molecule has 0 atom stereocenters. The molecule has 4 aromatic rings. The highest BCUT2D eigenvalue weighted by Gasteiger charge is 2.22. The monoisotopic (exact) mass is 430 g/mol. The highest BCUT2D eigenvalue weighted by atomic mass is 32.2. The molecule has 0 bridgehead atoms. The van der Waals surface area contributed by atoms with E-state index < -0.39 is 0 Å². The molecule has 0 amide bonds. The molecule has 0 aliphatic rings. The number of carbonyl (C=O) groups is 2. The molecule has 6 nitrogen and oxygen atoms in total. The van der Waals surface area contributed by atoms with Gasteiger partial charge in [-0.15, -0.1) is 10.2 Å². The maximum atomic E-state index is 12.9. The summed E-state index contributed by atoms with van der Waals surface area (Å²) in [6.07, 6.45) is 0. The normalized spacial score (nSPS) is 10.9. The summed E-state index contributed by atoms with van der Waals surface area (Å²) in [6.45, 7) is 5.13. The molecular weight excluding hydrogens is 408 g/mol. The number of hydrogen-bond donors (Lipinski definition) is 1. The number of aromatic amines is 1. The molecule has 1 N–H and O–H groups in total. The van der Waals surface area contributed by atoms with Crippen molar-refractivity contribution in [2.24, 2.45) is 0 Å². The maximum Gasteiger partial charge on any atom is 0.196 e. The maximum absolute atomic E-state index is 12.9. The van der Waals surface area contributed by atoms with Gasteiger partial charge in [-0.2, -0.15) is 0 Å². The molecule has 0 aliphatic carbocycles. The Hall–Kier alpha value is -3.45. The van der Waals surface area contributed by atoms with Crippen LogP contribution in [0, 0.1) is 13.8 Å². The van der Waals surface area contributed by atoms with Gasteiger partial charge in [0.05, 0.1) is 11.4 Å². The molecular formula is C24H22N4O2S. The van der Waals surface area contributed by atoms with Gasteiger partial charge in [-0.05, 0) is 38.5 Å². The number of para-hydroxylation sites is 1. The number of aromatic nitrogens is 4. The second-order valence-corrected chi connectivity index (χ2v) is 8.18. The standard InChI is InChI=1S/C24H22N4O2S/c1-15-21(17(3)29)16(2)25-22(15)20(30)14-31-24-27-26-23(18-10-6-4-7-11-18)28(24)19-12-8-5-9-13-19/h4-13,25H,14H2,1-3H3. The van der Waals surface area contributed by atoms with Crippen LogP contribution in [0.1, 0.15) is 39.0 Å². The van der Waals surface area contributed by atoms with Crippen LogP contribution < -0.4 is 0 Å². The lowest BCUT2D eigenvalue weighted by Gasteiger charge is -2.10. The van der Waals surface area contributed by atoms with Crippen LogP contribution in [0.3, 0.4) is 0 Å². The van der Waals surface area contributed by atoms with Crippen LogP contribution >= 0.6 is 11.8 Å². The van der Waals surface area contributed by atoms with Gasteiger partial charge in [-0.25, -0.2) is 0 Å². The molecule has 0 spiro atoms. The Kier molecular flexibility index (Phi) is 5.86. The topological polar surface area (TPSA) is 80.6 Å². The van der Waals surface area contributed by atoms with Gasteiger partial charge in [0.1, 0.15) is 0 Å². The Labute approximate surface area is 184 Å². The van der Waals surface area contributed by atoms with Crippen molar-refractivity contribution >= 4 is 23.3 Å². The molecule has 0 radical (unpaired) electrons. The van der Waals surface area contributed by atoms with Crippen LogP contribution in [-0.4, -0.2) is 37.1 Å². The molecule has 2 aromatic carbocycles. The Balaban J connectivity index is 1.65. The molecule has 4 rings (SSSR count). The van der Waals surface area contributed by atoms with E-state index in [0.717, 1.165) is 16.9 Å². The molecule has 2 heterocycles. The Morgan fingerprint density at radius 2 is 1.61 bits per heavy atom. The van der Waals surface area contributed by atoms with Crippen LogP contribution in [0.25, 0.3) is 17.1 Å². The summed E-state index contributed by atoms with van der Waals surface area (Å²) in [6, 6.07) is 19.7. The van der Waals surface area contributed by atoms with Crippen LogP contribution in [0.4, 0.5) is 0 Å². The second kappa shape index (κ2) is 8.73. The van der Waals surface area contributed by atoms with Crippen molar-refractivity contribution in [3.05, 3.63) is 83.2 Å². The number of rotatable bonds is 7. The van der Waals surface area contributed by atoms with E-state index in [1.165, 1.54) is 18.7 Å². The van der Waals surface area contributed by atoms with Gasteiger partial charge in [0.2, 0.25) is 0 Å². The van der Waals surface area contributed by atoms with Crippen molar-refractivity contribution in [1.29, 1.82) is 0 Å². The van der Waals surface area contributed by atoms with Crippen molar-refractivity contribution in [2.45, 2.75) is 25.9 Å². The summed E-state index contributed by atoms with van der Waals surface area (Å²) < 4.78 is 1.96. The number of ketones is 2. The summed E-state index contributed by atoms with van der Waals surface area (Å²) in [5.41, 5.74) is 4.35. The van der Waals surface area contributed by atoms with Gasteiger partial charge in [0.25, 0.3) is 0 Å². The number of nitrogens with zero attached hydrogens (tertiary/aromatic N) is 3. The van der Waals surface area contributed by atoms with Crippen LogP contribution in [-0.2, 0) is 0 Å². The minimum absolute atomic E-state index is 0.0470. The average Bonchev–Trinajstić information content (AvgIpc) is 3.33. The first-order valence-corrected chi connectivity index (χ1v) is 10.9. The van der Waals surface area contributed by atoms with Crippen molar-refractivity contribution in [2.75, 3.05) is 5.75 Å². The fourth-order valence-corrected chi connectivity index (χ4v) is 4.53. The first-order valence-electron chi connectivity index (χ1n) is 9.89. The van der Waals surface area contributed by atoms with Crippen molar-refractivity contribution in [3.63, 3.8) is 0 Å². The molecule has 0 saturated heterocycles. The van der Waals surface area contributed by atoms with Gasteiger partial charge >= 0.3 is 0 Å². The largest absolute Gasteiger partial charge is 0.355 e. The van der Waals surface area contributed by atoms with E-state index in [-0.39, 0.29) is 17.3 Å². The number of carbonyl (C=O) groups excluding carboxylic acids is 2. The van der Waals surface area contributed by atoms with E-state index in [1.807, 2.05) is 72.2 Å². The van der Waals surface area contributed by atoms with Crippen LogP contribution in [0.15, 0.2) is 65.8 Å². The molecule has 156 valence electrons. The summed E-state index contributed by atoms with van der Waals surface area (Å²) in [5, 5.41) is 9.40. The predicted molar refractivity (Wildman–Crippen MR) is 122 cm³/mol. The lowest BCUT2D eigenvalue weighted by Crippen LogP contribution is -2.07. The minimum atomic E-state index is -0.0815. The van der Waals surface area contributed by atoms with E-state index >= 15 is 0 Å². The smallest absolute Gasteiger partial charge is 0.196 e. The Bertz CT molecular complexity index is 1240. The van der Waals surface area contributed by atoms with Gasteiger partial charge in [-0.1, -0.05) is 60.3 Å².